The average molecular weight is 182 g/mol. The summed E-state index contributed by atoms with van der Waals surface area (Å²) in [5.74, 6) is 0. The van der Waals surface area contributed by atoms with Gasteiger partial charge in [0.25, 0.3) is 0 Å². The quantitative estimate of drug-likeness (QED) is 0.628. The molecule has 2 rings (SSSR count). The Morgan fingerprint density at radius 3 is 2.57 bits per heavy atom. The number of hydrogen-bond donors (Lipinski definition) is 0. The summed E-state index contributed by atoms with van der Waals surface area (Å²) in [7, 11) is 0. The van der Waals surface area contributed by atoms with E-state index in [1.807, 2.05) is 12.1 Å². The molecule has 1 aromatic heterocycles. The summed E-state index contributed by atoms with van der Waals surface area (Å²) >= 11 is 0. The van der Waals surface area contributed by atoms with Crippen LogP contribution in [0.5, 0.6) is 0 Å². The number of aromatic nitrogens is 1. The van der Waals surface area contributed by atoms with Gasteiger partial charge in [-0.05, 0) is 43.2 Å². The van der Waals surface area contributed by atoms with Crippen molar-refractivity contribution in [2.24, 2.45) is 0 Å². The van der Waals surface area contributed by atoms with Crippen LogP contribution in [0.25, 0.3) is 10.9 Å². The third kappa shape index (κ3) is 1.33. The van der Waals surface area contributed by atoms with Crippen LogP contribution in [0.4, 0.5) is 0 Å². The molecule has 1 heterocycles. The molecule has 0 aliphatic heterocycles. The van der Waals surface area contributed by atoms with Gasteiger partial charge in [-0.3, -0.25) is 4.98 Å². The lowest BCUT2D eigenvalue weighted by molar-refractivity contribution is 1.32. The zero-order valence-corrected chi connectivity index (χ0v) is 8.20. The van der Waals surface area contributed by atoms with E-state index in [2.05, 4.69) is 31.0 Å². The fourth-order valence-corrected chi connectivity index (χ4v) is 1.46. The van der Waals surface area contributed by atoms with Crippen molar-refractivity contribution in [1.29, 1.82) is 5.26 Å². The Hall–Kier alpha value is -1.88. The first kappa shape index (κ1) is 8.71. The van der Waals surface area contributed by atoms with Gasteiger partial charge in [0, 0.05) is 11.6 Å². The zero-order valence-electron chi connectivity index (χ0n) is 8.20. The van der Waals surface area contributed by atoms with Crippen molar-refractivity contribution in [2.75, 3.05) is 0 Å². The summed E-state index contributed by atoms with van der Waals surface area (Å²) in [5, 5.41) is 9.77. The smallest absolute Gasteiger partial charge is 0.101 e. The van der Waals surface area contributed by atoms with Gasteiger partial charge in [0.15, 0.2) is 0 Å². The normalized spacial score (nSPS) is 10.1. The van der Waals surface area contributed by atoms with Crippen molar-refractivity contribution in [3.63, 3.8) is 0 Å². The number of rotatable bonds is 0. The standard InChI is InChI=1S/C12H10N2/c1-8-3-11-5-10(6-13)7-14-12(11)4-9(8)2/h3-5,7H,1-2H3. The highest BCUT2D eigenvalue weighted by atomic mass is 14.6. The van der Waals surface area contributed by atoms with E-state index in [0.29, 0.717) is 5.56 Å². The Labute approximate surface area is 82.8 Å². The highest BCUT2D eigenvalue weighted by Gasteiger charge is 2.00. The van der Waals surface area contributed by atoms with Gasteiger partial charge in [-0.15, -0.1) is 0 Å². The van der Waals surface area contributed by atoms with Crippen LogP contribution in [0.2, 0.25) is 0 Å². The minimum Gasteiger partial charge on any atom is -0.255 e. The summed E-state index contributed by atoms with van der Waals surface area (Å²) in [6.45, 7) is 4.13. The molecular formula is C12H10N2. The second-order valence-corrected chi connectivity index (χ2v) is 3.46. The van der Waals surface area contributed by atoms with E-state index in [4.69, 9.17) is 5.26 Å². The summed E-state index contributed by atoms with van der Waals surface area (Å²) in [6.07, 6.45) is 1.61. The van der Waals surface area contributed by atoms with Crippen molar-refractivity contribution in [2.45, 2.75) is 13.8 Å². The van der Waals surface area contributed by atoms with Crippen molar-refractivity contribution in [3.8, 4) is 6.07 Å². The van der Waals surface area contributed by atoms with Gasteiger partial charge in [-0.25, -0.2) is 0 Å². The molecule has 0 aliphatic carbocycles. The van der Waals surface area contributed by atoms with E-state index in [1.54, 1.807) is 6.20 Å². The van der Waals surface area contributed by atoms with E-state index in [0.717, 1.165) is 10.9 Å². The van der Waals surface area contributed by atoms with E-state index in [-0.39, 0.29) is 0 Å². The highest BCUT2D eigenvalue weighted by molar-refractivity contribution is 5.81. The maximum absolute atomic E-state index is 8.73. The van der Waals surface area contributed by atoms with Gasteiger partial charge >= 0.3 is 0 Å². The van der Waals surface area contributed by atoms with Crippen LogP contribution < -0.4 is 0 Å². The lowest BCUT2D eigenvalue weighted by Gasteiger charge is -2.02. The van der Waals surface area contributed by atoms with E-state index < -0.39 is 0 Å². The first-order valence-electron chi connectivity index (χ1n) is 4.48. The first-order chi connectivity index (χ1) is 6.70. The van der Waals surface area contributed by atoms with E-state index in [9.17, 15) is 0 Å². The second kappa shape index (κ2) is 3.12. The molecular weight excluding hydrogens is 172 g/mol. The number of nitrogens with zero attached hydrogens (tertiary/aromatic N) is 2. The molecule has 0 saturated carbocycles. The van der Waals surface area contributed by atoms with Crippen LogP contribution >= 0.6 is 0 Å². The second-order valence-electron chi connectivity index (χ2n) is 3.46. The Morgan fingerprint density at radius 1 is 1.14 bits per heavy atom. The fourth-order valence-electron chi connectivity index (χ4n) is 1.46. The van der Waals surface area contributed by atoms with Crippen LogP contribution in [0, 0.1) is 25.2 Å². The number of hydrogen-bond acceptors (Lipinski definition) is 2. The number of nitriles is 1. The van der Waals surface area contributed by atoms with Crippen molar-refractivity contribution in [1.82, 2.24) is 4.98 Å². The number of aryl methyl sites for hydroxylation is 2. The minimum absolute atomic E-state index is 0.612. The zero-order chi connectivity index (χ0) is 10.1. The van der Waals surface area contributed by atoms with Gasteiger partial charge in [0.05, 0.1) is 11.1 Å². The SMILES string of the molecule is Cc1cc2cc(C#N)cnc2cc1C. The van der Waals surface area contributed by atoms with Gasteiger partial charge in [-0.2, -0.15) is 5.26 Å². The first-order valence-corrected chi connectivity index (χ1v) is 4.48. The van der Waals surface area contributed by atoms with Gasteiger partial charge in [0.2, 0.25) is 0 Å². The molecule has 0 spiro atoms. The fraction of sp³-hybridized carbons (Fsp3) is 0.167. The van der Waals surface area contributed by atoms with Gasteiger partial charge < -0.3 is 0 Å². The molecule has 0 N–H and O–H groups in total. The minimum atomic E-state index is 0.612. The third-order valence-corrected chi connectivity index (χ3v) is 2.43. The predicted molar refractivity (Wildman–Crippen MR) is 55.9 cm³/mol. The predicted octanol–water partition coefficient (Wildman–Crippen LogP) is 2.72. The molecule has 0 unspecified atom stereocenters. The molecule has 0 atom stereocenters. The molecule has 0 fully saturated rings. The maximum Gasteiger partial charge on any atom is 0.101 e. The molecule has 2 aromatic rings. The third-order valence-electron chi connectivity index (χ3n) is 2.43. The van der Waals surface area contributed by atoms with Crippen LogP contribution in [0.3, 0.4) is 0 Å². The number of pyridine rings is 1. The Kier molecular flexibility index (Phi) is 1.94. The molecule has 2 heteroatoms. The van der Waals surface area contributed by atoms with Crippen molar-refractivity contribution in [3.05, 3.63) is 41.1 Å². The molecule has 68 valence electrons. The largest absolute Gasteiger partial charge is 0.255 e. The van der Waals surface area contributed by atoms with Crippen LogP contribution in [0.1, 0.15) is 16.7 Å². The maximum atomic E-state index is 8.73. The lowest BCUT2D eigenvalue weighted by atomic mass is 10.1. The van der Waals surface area contributed by atoms with Crippen molar-refractivity contribution >= 4 is 10.9 Å². The van der Waals surface area contributed by atoms with E-state index >= 15 is 0 Å². The summed E-state index contributed by atoms with van der Waals surface area (Å²) in [4.78, 5) is 4.23. The molecule has 0 saturated heterocycles. The summed E-state index contributed by atoms with van der Waals surface area (Å²) in [5.41, 5.74) is 4.02. The summed E-state index contributed by atoms with van der Waals surface area (Å²) in [6, 6.07) is 8.08. The Balaban J connectivity index is 2.78. The number of benzene rings is 1. The number of fused-ring (bicyclic) bond motifs is 1. The topological polar surface area (TPSA) is 36.7 Å². The molecule has 1 aromatic carbocycles. The van der Waals surface area contributed by atoms with E-state index in [1.165, 1.54) is 11.1 Å². The highest BCUT2D eigenvalue weighted by Crippen LogP contribution is 2.18. The molecule has 0 amide bonds. The van der Waals surface area contributed by atoms with Crippen molar-refractivity contribution < 1.29 is 0 Å². The van der Waals surface area contributed by atoms with Crippen LogP contribution in [-0.2, 0) is 0 Å². The molecule has 0 aliphatic rings. The Bertz CT molecular complexity index is 536. The lowest BCUT2D eigenvalue weighted by Crippen LogP contribution is -1.86. The Morgan fingerprint density at radius 2 is 1.86 bits per heavy atom. The monoisotopic (exact) mass is 182 g/mol. The summed E-state index contributed by atoms with van der Waals surface area (Å²) < 4.78 is 0. The van der Waals surface area contributed by atoms with Crippen LogP contribution in [-0.4, -0.2) is 4.98 Å². The molecule has 0 radical (unpaired) electrons. The molecule has 0 bridgehead atoms. The molecule has 2 nitrogen and oxygen atoms in total. The van der Waals surface area contributed by atoms with Gasteiger partial charge in [0.1, 0.15) is 6.07 Å². The molecule has 14 heavy (non-hydrogen) atoms. The van der Waals surface area contributed by atoms with Gasteiger partial charge in [-0.1, -0.05) is 0 Å². The average Bonchev–Trinajstić information content (AvgIpc) is 2.19. The van der Waals surface area contributed by atoms with Crippen LogP contribution in [0.15, 0.2) is 24.4 Å².